The molecular weight excluding hydrogens is 232 g/mol. The number of likely N-dealkylation sites (tertiary alicyclic amines) is 1. The van der Waals surface area contributed by atoms with Gasteiger partial charge in [0.25, 0.3) is 0 Å². The minimum Gasteiger partial charge on any atom is -0.392 e. The molecular formula is C13H24N2OS. The number of carbonyl (C=O) groups excluding carboxylic acids is 1. The van der Waals surface area contributed by atoms with E-state index in [9.17, 15) is 4.79 Å². The fourth-order valence-electron chi connectivity index (χ4n) is 2.38. The molecule has 1 amide bonds. The summed E-state index contributed by atoms with van der Waals surface area (Å²) < 4.78 is 0. The highest BCUT2D eigenvalue weighted by atomic mass is 32.1. The number of thiocarbonyl (C=S) groups is 1. The molecule has 1 aliphatic heterocycles. The molecule has 0 aromatic heterocycles. The zero-order valence-electron chi connectivity index (χ0n) is 11.4. The van der Waals surface area contributed by atoms with E-state index in [-0.39, 0.29) is 11.3 Å². The Balaban J connectivity index is 2.85. The van der Waals surface area contributed by atoms with Gasteiger partial charge >= 0.3 is 0 Å². The van der Waals surface area contributed by atoms with Gasteiger partial charge in [-0.2, -0.15) is 0 Å². The van der Waals surface area contributed by atoms with Crippen molar-refractivity contribution in [2.45, 2.75) is 47.0 Å². The fraction of sp³-hybridized carbons (Fsp3) is 0.846. The number of nitrogens with two attached hydrogens (primary N) is 1. The molecule has 98 valence electrons. The van der Waals surface area contributed by atoms with Crippen molar-refractivity contribution >= 4 is 23.1 Å². The molecule has 1 heterocycles. The largest absolute Gasteiger partial charge is 0.392 e. The van der Waals surface area contributed by atoms with Gasteiger partial charge in [-0.25, -0.2) is 0 Å². The highest BCUT2D eigenvalue weighted by Crippen LogP contribution is 2.32. The summed E-state index contributed by atoms with van der Waals surface area (Å²) in [4.78, 5) is 14.8. The lowest BCUT2D eigenvalue weighted by Crippen LogP contribution is -2.52. The standard InChI is InChI=1S/C13H24N2OS/c1-5-13(4,10(14)17)11(16)15-8-6-7-12(2,3)9-15/h5-9H2,1-4H3,(H2,14,17). The van der Waals surface area contributed by atoms with Gasteiger partial charge < -0.3 is 10.6 Å². The monoisotopic (exact) mass is 256 g/mol. The molecule has 1 rings (SSSR count). The molecule has 1 aliphatic rings. The van der Waals surface area contributed by atoms with E-state index in [0.29, 0.717) is 11.4 Å². The Labute approximate surface area is 110 Å². The second kappa shape index (κ2) is 4.92. The van der Waals surface area contributed by atoms with Gasteiger partial charge in [0.15, 0.2) is 0 Å². The summed E-state index contributed by atoms with van der Waals surface area (Å²) in [5, 5.41) is 0. The molecule has 3 nitrogen and oxygen atoms in total. The molecule has 0 spiro atoms. The second-order valence-corrected chi connectivity index (χ2v) is 6.48. The maximum Gasteiger partial charge on any atom is 0.235 e. The van der Waals surface area contributed by atoms with Crippen LogP contribution in [0.2, 0.25) is 0 Å². The van der Waals surface area contributed by atoms with E-state index >= 15 is 0 Å². The summed E-state index contributed by atoms with van der Waals surface area (Å²) in [6, 6.07) is 0. The van der Waals surface area contributed by atoms with Crippen LogP contribution < -0.4 is 5.73 Å². The predicted octanol–water partition coefficient (Wildman–Crippen LogP) is 2.34. The van der Waals surface area contributed by atoms with Crippen molar-refractivity contribution in [3.63, 3.8) is 0 Å². The van der Waals surface area contributed by atoms with E-state index in [0.717, 1.165) is 19.5 Å². The van der Waals surface area contributed by atoms with Crippen LogP contribution in [0, 0.1) is 10.8 Å². The summed E-state index contributed by atoms with van der Waals surface area (Å²) in [7, 11) is 0. The van der Waals surface area contributed by atoms with Crippen molar-refractivity contribution in [3.8, 4) is 0 Å². The van der Waals surface area contributed by atoms with Crippen molar-refractivity contribution in [2.75, 3.05) is 13.1 Å². The van der Waals surface area contributed by atoms with E-state index in [1.54, 1.807) is 0 Å². The average Bonchev–Trinajstić information content (AvgIpc) is 2.25. The van der Waals surface area contributed by atoms with E-state index in [2.05, 4.69) is 13.8 Å². The van der Waals surface area contributed by atoms with Crippen molar-refractivity contribution in [1.82, 2.24) is 4.90 Å². The summed E-state index contributed by atoms with van der Waals surface area (Å²) in [6.07, 6.45) is 2.90. The number of hydrogen-bond acceptors (Lipinski definition) is 2. The van der Waals surface area contributed by atoms with Gasteiger partial charge in [0, 0.05) is 13.1 Å². The lowest BCUT2D eigenvalue weighted by atomic mass is 9.81. The smallest absolute Gasteiger partial charge is 0.235 e. The Morgan fingerprint density at radius 3 is 2.53 bits per heavy atom. The summed E-state index contributed by atoms with van der Waals surface area (Å²) in [5.74, 6) is 0.0975. The van der Waals surface area contributed by atoms with E-state index < -0.39 is 5.41 Å². The van der Waals surface area contributed by atoms with Crippen LogP contribution in [0.15, 0.2) is 0 Å². The molecule has 4 heteroatoms. The number of rotatable bonds is 3. The van der Waals surface area contributed by atoms with Crippen molar-refractivity contribution < 1.29 is 4.79 Å². The van der Waals surface area contributed by atoms with E-state index in [4.69, 9.17) is 18.0 Å². The Kier molecular flexibility index (Phi) is 4.18. The molecule has 0 aromatic rings. The summed E-state index contributed by atoms with van der Waals surface area (Å²) in [6.45, 7) is 9.88. The maximum atomic E-state index is 12.5. The molecule has 17 heavy (non-hydrogen) atoms. The zero-order chi connectivity index (χ0) is 13.3. The Hall–Kier alpha value is -0.640. The normalized spacial score (nSPS) is 22.9. The minimum atomic E-state index is -0.678. The van der Waals surface area contributed by atoms with Gasteiger partial charge in [-0.15, -0.1) is 0 Å². The quantitative estimate of drug-likeness (QED) is 0.788. The third-order valence-corrected chi connectivity index (χ3v) is 4.36. The first-order chi connectivity index (χ1) is 7.73. The number of amides is 1. The van der Waals surface area contributed by atoms with Gasteiger partial charge in [-0.3, -0.25) is 4.79 Å². The van der Waals surface area contributed by atoms with Crippen molar-refractivity contribution in [3.05, 3.63) is 0 Å². The molecule has 1 unspecified atom stereocenters. The highest BCUT2D eigenvalue weighted by Gasteiger charge is 2.40. The molecule has 0 aliphatic carbocycles. The molecule has 0 saturated carbocycles. The van der Waals surface area contributed by atoms with Crippen LogP contribution in [0.25, 0.3) is 0 Å². The first kappa shape index (κ1) is 14.4. The molecule has 1 fully saturated rings. The maximum absolute atomic E-state index is 12.5. The van der Waals surface area contributed by atoms with Crippen LogP contribution in [0.5, 0.6) is 0 Å². The molecule has 0 aromatic carbocycles. The van der Waals surface area contributed by atoms with E-state index in [1.807, 2.05) is 18.7 Å². The van der Waals surface area contributed by atoms with Crippen LogP contribution in [-0.4, -0.2) is 28.9 Å². The number of nitrogens with zero attached hydrogens (tertiary/aromatic N) is 1. The molecule has 0 bridgehead atoms. The first-order valence-electron chi connectivity index (χ1n) is 6.32. The SMILES string of the molecule is CCC(C)(C(=O)N1CCCC(C)(C)C1)C(N)=S. The Bertz CT molecular complexity index is 327. The molecule has 2 N–H and O–H groups in total. The van der Waals surface area contributed by atoms with Gasteiger partial charge in [0.2, 0.25) is 5.91 Å². The Morgan fingerprint density at radius 2 is 2.12 bits per heavy atom. The predicted molar refractivity (Wildman–Crippen MR) is 74.8 cm³/mol. The molecule has 1 saturated heterocycles. The third kappa shape index (κ3) is 2.97. The molecule has 1 atom stereocenters. The third-order valence-electron chi connectivity index (χ3n) is 3.91. The van der Waals surface area contributed by atoms with Crippen molar-refractivity contribution in [1.29, 1.82) is 0 Å². The van der Waals surface area contributed by atoms with Crippen LogP contribution in [-0.2, 0) is 4.79 Å². The number of hydrogen-bond donors (Lipinski definition) is 1. The Morgan fingerprint density at radius 1 is 1.53 bits per heavy atom. The fourth-order valence-corrected chi connectivity index (χ4v) is 2.61. The van der Waals surface area contributed by atoms with Gasteiger partial charge in [-0.1, -0.05) is 33.0 Å². The van der Waals surface area contributed by atoms with E-state index in [1.165, 1.54) is 6.42 Å². The average molecular weight is 256 g/mol. The lowest BCUT2D eigenvalue weighted by Gasteiger charge is -2.41. The van der Waals surface area contributed by atoms with Crippen LogP contribution >= 0.6 is 12.2 Å². The van der Waals surface area contributed by atoms with Crippen LogP contribution in [0.3, 0.4) is 0 Å². The first-order valence-corrected chi connectivity index (χ1v) is 6.73. The summed E-state index contributed by atoms with van der Waals surface area (Å²) in [5.41, 5.74) is 5.27. The molecule has 0 radical (unpaired) electrons. The minimum absolute atomic E-state index is 0.0975. The second-order valence-electron chi connectivity index (χ2n) is 6.04. The number of piperidine rings is 1. The van der Waals surface area contributed by atoms with Gasteiger partial charge in [0.05, 0.1) is 10.4 Å². The van der Waals surface area contributed by atoms with Gasteiger partial charge in [0.1, 0.15) is 0 Å². The summed E-state index contributed by atoms with van der Waals surface area (Å²) >= 11 is 5.06. The zero-order valence-corrected chi connectivity index (χ0v) is 12.2. The lowest BCUT2D eigenvalue weighted by molar-refractivity contribution is -0.140. The highest BCUT2D eigenvalue weighted by molar-refractivity contribution is 7.80. The van der Waals surface area contributed by atoms with Gasteiger partial charge in [-0.05, 0) is 31.6 Å². The van der Waals surface area contributed by atoms with Crippen LogP contribution in [0.4, 0.5) is 0 Å². The van der Waals surface area contributed by atoms with Crippen molar-refractivity contribution in [2.24, 2.45) is 16.6 Å². The van der Waals surface area contributed by atoms with Crippen LogP contribution in [0.1, 0.15) is 47.0 Å². The topological polar surface area (TPSA) is 46.3 Å². The number of carbonyl (C=O) groups is 1.